The fourth-order valence-electron chi connectivity index (χ4n) is 3.15. The zero-order valence-electron chi connectivity index (χ0n) is 15.0. The number of hydrogen-bond donors (Lipinski definition) is 1. The first-order valence-electron chi connectivity index (χ1n) is 8.41. The minimum Gasteiger partial charge on any atom is -0.497 e. The minimum absolute atomic E-state index is 0.262. The number of benzene rings is 3. The Balaban J connectivity index is 2.17. The summed E-state index contributed by atoms with van der Waals surface area (Å²) in [6, 6.07) is 15.9. The molecule has 0 spiro atoms. The molecular weight excluding hydrogens is 331 g/mol. The topological polar surface area (TPSA) is 46.5 Å². The molecule has 0 amide bonds. The van der Waals surface area contributed by atoms with Crippen LogP contribution >= 0.6 is 0 Å². The molecule has 0 unspecified atom stereocenters. The molecule has 0 fully saturated rings. The van der Waals surface area contributed by atoms with Crippen LogP contribution in [-0.4, -0.2) is 18.2 Å². The van der Waals surface area contributed by atoms with E-state index in [1.807, 2.05) is 30.3 Å². The summed E-state index contributed by atoms with van der Waals surface area (Å²) in [5.74, 6) is -0.464. The van der Waals surface area contributed by atoms with Gasteiger partial charge in [0.2, 0.25) is 0 Å². The summed E-state index contributed by atoms with van der Waals surface area (Å²) in [5, 5.41) is 11.5. The van der Waals surface area contributed by atoms with E-state index >= 15 is 0 Å². The van der Waals surface area contributed by atoms with Crippen LogP contribution in [0.3, 0.4) is 0 Å². The van der Waals surface area contributed by atoms with Crippen LogP contribution in [0.5, 0.6) is 5.75 Å². The fourth-order valence-corrected chi connectivity index (χ4v) is 3.15. The van der Waals surface area contributed by atoms with E-state index in [-0.39, 0.29) is 5.82 Å². The van der Waals surface area contributed by atoms with Gasteiger partial charge in [0.25, 0.3) is 0 Å². The molecule has 0 aliphatic heterocycles. The number of carboxylic acid groups (broad SMARTS) is 1. The second-order valence-corrected chi connectivity index (χ2v) is 6.92. The molecule has 0 aliphatic rings. The highest BCUT2D eigenvalue weighted by Crippen LogP contribution is 2.35. The van der Waals surface area contributed by atoms with E-state index in [0.29, 0.717) is 12.2 Å². The standard InChI is InChI=1S/C22H21FO3/c1-22(2,21(24)25)20-11-6-15(12-14-4-7-16(23)8-5-14)18-10-9-17(26-3)13-19(18)20/h4-11,13H,12H2,1-3H3,(H,24,25). The third kappa shape index (κ3) is 3.27. The number of methoxy groups -OCH3 is 1. The van der Waals surface area contributed by atoms with Gasteiger partial charge in [-0.05, 0) is 72.0 Å². The molecule has 0 saturated carbocycles. The van der Waals surface area contributed by atoms with Crippen LogP contribution in [-0.2, 0) is 16.6 Å². The average Bonchev–Trinajstić information content (AvgIpc) is 2.63. The van der Waals surface area contributed by atoms with Gasteiger partial charge in [0, 0.05) is 0 Å². The quantitative estimate of drug-likeness (QED) is 0.707. The molecule has 0 atom stereocenters. The molecule has 3 rings (SSSR count). The van der Waals surface area contributed by atoms with Crippen molar-refractivity contribution in [2.45, 2.75) is 25.7 Å². The maximum Gasteiger partial charge on any atom is 0.313 e. The van der Waals surface area contributed by atoms with E-state index in [1.54, 1.807) is 33.1 Å². The molecular formula is C22H21FO3. The first kappa shape index (κ1) is 17.9. The molecule has 26 heavy (non-hydrogen) atoms. The average molecular weight is 352 g/mol. The number of aliphatic carboxylic acids is 1. The van der Waals surface area contributed by atoms with Crippen LogP contribution in [0.1, 0.15) is 30.5 Å². The smallest absolute Gasteiger partial charge is 0.313 e. The summed E-state index contributed by atoms with van der Waals surface area (Å²) in [4.78, 5) is 11.8. The molecule has 3 nitrogen and oxygen atoms in total. The molecule has 3 aromatic carbocycles. The highest BCUT2D eigenvalue weighted by atomic mass is 19.1. The van der Waals surface area contributed by atoms with Gasteiger partial charge in [-0.15, -0.1) is 0 Å². The van der Waals surface area contributed by atoms with Gasteiger partial charge in [-0.1, -0.05) is 30.3 Å². The van der Waals surface area contributed by atoms with E-state index < -0.39 is 11.4 Å². The third-order valence-corrected chi connectivity index (χ3v) is 4.83. The number of rotatable bonds is 5. The third-order valence-electron chi connectivity index (χ3n) is 4.83. The molecule has 0 bridgehead atoms. The molecule has 3 aromatic rings. The van der Waals surface area contributed by atoms with Crippen molar-refractivity contribution in [2.75, 3.05) is 7.11 Å². The predicted octanol–water partition coefficient (Wildman–Crippen LogP) is 4.94. The van der Waals surface area contributed by atoms with Crippen molar-refractivity contribution in [2.24, 2.45) is 0 Å². The van der Waals surface area contributed by atoms with Crippen molar-refractivity contribution < 1.29 is 19.0 Å². The van der Waals surface area contributed by atoms with Crippen LogP contribution in [0.4, 0.5) is 4.39 Å². The molecule has 0 saturated heterocycles. The van der Waals surface area contributed by atoms with Crippen LogP contribution in [0.25, 0.3) is 10.8 Å². The first-order chi connectivity index (χ1) is 12.3. The lowest BCUT2D eigenvalue weighted by Crippen LogP contribution is -2.28. The van der Waals surface area contributed by atoms with Crippen LogP contribution in [0, 0.1) is 5.82 Å². The number of carboxylic acids is 1. The number of carbonyl (C=O) groups is 1. The predicted molar refractivity (Wildman–Crippen MR) is 100 cm³/mol. The van der Waals surface area contributed by atoms with E-state index in [4.69, 9.17) is 4.74 Å². The molecule has 0 aromatic heterocycles. The van der Waals surface area contributed by atoms with Crippen molar-refractivity contribution in [3.05, 3.63) is 77.1 Å². The Labute approximate surface area is 152 Å². The van der Waals surface area contributed by atoms with E-state index in [0.717, 1.165) is 27.5 Å². The van der Waals surface area contributed by atoms with Crippen LogP contribution in [0.15, 0.2) is 54.6 Å². The lowest BCUT2D eigenvalue weighted by atomic mass is 9.80. The van der Waals surface area contributed by atoms with Crippen molar-refractivity contribution in [1.82, 2.24) is 0 Å². The van der Waals surface area contributed by atoms with Gasteiger partial charge in [-0.3, -0.25) is 4.79 Å². The summed E-state index contributed by atoms with van der Waals surface area (Å²) in [6.07, 6.45) is 0.636. The number of hydrogen-bond acceptors (Lipinski definition) is 2. The van der Waals surface area contributed by atoms with Crippen LogP contribution in [0.2, 0.25) is 0 Å². The van der Waals surface area contributed by atoms with Gasteiger partial charge in [-0.25, -0.2) is 4.39 Å². The Morgan fingerprint density at radius 2 is 1.73 bits per heavy atom. The first-order valence-corrected chi connectivity index (χ1v) is 8.41. The highest BCUT2D eigenvalue weighted by molar-refractivity contribution is 5.95. The Hall–Kier alpha value is -2.88. The molecule has 0 radical (unpaired) electrons. The highest BCUT2D eigenvalue weighted by Gasteiger charge is 2.31. The zero-order valence-corrected chi connectivity index (χ0v) is 15.0. The summed E-state index contributed by atoms with van der Waals surface area (Å²) in [5.41, 5.74) is 1.76. The van der Waals surface area contributed by atoms with Gasteiger partial charge < -0.3 is 9.84 Å². The van der Waals surface area contributed by atoms with E-state index in [2.05, 4.69) is 0 Å². The fraction of sp³-hybridized carbons (Fsp3) is 0.227. The maximum absolute atomic E-state index is 13.2. The molecule has 0 aliphatic carbocycles. The second kappa shape index (κ2) is 6.79. The monoisotopic (exact) mass is 352 g/mol. The van der Waals surface area contributed by atoms with Crippen LogP contribution < -0.4 is 4.74 Å². The van der Waals surface area contributed by atoms with Crippen molar-refractivity contribution in [3.8, 4) is 5.75 Å². The Kier molecular flexibility index (Phi) is 4.68. The summed E-state index contributed by atoms with van der Waals surface area (Å²) in [6.45, 7) is 3.40. The SMILES string of the molecule is COc1ccc2c(Cc3ccc(F)cc3)ccc(C(C)(C)C(=O)O)c2c1. The van der Waals surface area contributed by atoms with Gasteiger partial charge in [-0.2, -0.15) is 0 Å². The van der Waals surface area contributed by atoms with Crippen molar-refractivity contribution >= 4 is 16.7 Å². The van der Waals surface area contributed by atoms with Crippen molar-refractivity contribution in [1.29, 1.82) is 0 Å². The Bertz CT molecular complexity index is 959. The summed E-state index contributed by atoms with van der Waals surface area (Å²) >= 11 is 0. The number of ether oxygens (including phenoxy) is 1. The van der Waals surface area contributed by atoms with E-state index in [9.17, 15) is 14.3 Å². The Morgan fingerprint density at radius 1 is 1.04 bits per heavy atom. The van der Waals surface area contributed by atoms with Gasteiger partial charge in [0.1, 0.15) is 11.6 Å². The zero-order chi connectivity index (χ0) is 18.9. The van der Waals surface area contributed by atoms with Gasteiger partial charge in [0.05, 0.1) is 12.5 Å². The molecule has 4 heteroatoms. The second-order valence-electron chi connectivity index (χ2n) is 6.92. The molecule has 1 N–H and O–H groups in total. The van der Waals surface area contributed by atoms with E-state index in [1.165, 1.54) is 12.1 Å². The van der Waals surface area contributed by atoms with Crippen molar-refractivity contribution in [3.63, 3.8) is 0 Å². The lowest BCUT2D eigenvalue weighted by molar-refractivity contribution is -0.142. The largest absolute Gasteiger partial charge is 0.497 e. The minimum atomic E-state index is -1.03. The van der Waals surface area contributed by atoms with Gasteiger partial charge in [0.15, 0.2) is 0 Å². The molecule has 134 valence electrons. The molecule has 0 heterocycles. The summed E-state index contributed by atoms with van der Waals surface area (Å²) < 4.78 is 18.5. The number of halogens is 1. The number of fused-ring (bicyclic) bond motifs is 1. The Morgan fingerprint density at radius 3 is 2.35 bits per heavy atom. The maximum atomic E-state index is 13.2. The lowest BCUT2D eigenvalue weighted by Gasteiger charge is -2.23. The van der Waals surface area contributed by atoms with Gasteiger partial charge >= 0.3 is 5.97 Å². The summed E-state index contributed by atoms with van der Waals surface area (Å²) in [7, 11) is 1.59. The normalized spacial score (nSPS) is 11.5.